The molecule has 0 fully saturated rings. The van der Waals surface area contributed by atoms with Crippen molar-refractivity contribution < 1.29 is 14.3 Å². The first kappa shape index (κ1) is 18.8. The van der Waals surface area contributed by atoms with Crippen molar-refractivity contribution in [3.05, 3.63) is 53.1 Å². The maximum absolute atomic E-state index is 12.2. The number of fused-ring (bicyclic) bond motifs is 1. The van der Waals surface area contributed by atoms with Gasteiger partial charge in [0, 0.05) is 19.8 Å². The van der Waals surface area contributed by atoms with Gasteiger partial charge in [-0.25, -0.2) is 9.78 Å². The number of benzene rings is 2. The van der Waals surface area contributed by atoms with Gasteiger partial charge >= 0.3 is 5.97 Å². The lowest BCUT2D eigenvalue weighted by Crippen LogP contribution is -2.21. The topological polar surface area (TPSA) is 71.5 Å². The van der Waals surface area contributed by atoms with E-state index in [0.29, 0.717) is 10.7 Å². The number of nitrogens with zero attached hydrogens (tertiary/aromatic N) is 2. The summed E-state index contributed by atoms with van der Waals surface area (Å²) in [5.74, 6) is -0.954. The molecule has 6 nitrogen and oxygen atoms in total. The number of carbonyl (C=O) groups excluding carboxylic acids is 2. The number of hydrogen-bond donors (Lipinski definition) is 1. The van der Waals surface area contributed by atoms with Gasteiger partial charge in [-0.05, 0) is 49.2 Å². The molecule has 0 saturated heterocycles. The molecule has 0 spiro atoms. The number of esters is 1. The minimum atomic E-state index is -0.537. The Morgan fingerprint density at radius 2 is 1.96 bits per heavy atom. The van der Waals surface area contributed by atoms with Gasteiger partial charge in [0.2, 0.25) is 0 Å². The molecule has 0 aliphatic heterocycles. The molecule has 0 atom stereocenters. The summed E-state index contributed by atoms with van der Waals surface area (Å²) in [7, 11) is 3.78. The summed E-state index contributed by atoms with van der Waals surface area (Å²) >= 11 is 1.40. The molecule has 0 unspecified atom stereocenters. The van der Waals surface area contributed by atoms with Gasteiger partial charge in [0.15, 0.2) is 11.7 Å². The molecule has 1 amide bonds. The van der Waals surface area contributed by atoms with E-state index in [4.69, 9.17) is 4.74 Å². The van der Waals surface area contributed by atoms with E-state index in [-0.39, 0.29) is 6.61 Å². The van der Waals surface area contributed by atoms with E-state index in [0.717, 1.165) is 27.0 Å². The molecule has 1 aromatic heterocycles. The van der Waals surface area contributed by atoms with Gasteiger partial charge in [0.1, 0.15) is 0 Å². The summed E-state index contributed by atoms with van der Waals surface area (Å²) in [4.78, 5) is 30.6. The zero-order chi connectivity index (χ0) is 19.6. The van der Waals surface area contributed by atoms with E-state index in [9.17, 15) is 9.59 Å². The zero-order valence-electron chi connectivity index (χ0n) is 15.7. The smallest absolute Gasteiger partial charge is 0.338 e. The highest BCUT2D eigenvalue weighted by atomic mass is 32.1. The highest BCUT2D eigenvalue weighted by molar-refractivity contribution is 7.22. The van der Waals surface area contributed by atoms with Gasteiger partial charge in [-0.3, -0.25) is 10.1 Å². The van der Waals surface area contributed by atoms with Crippen molar-refractivity contribution in [3.8, 4) is 0 Å². The van der Waals surface area contributed by atoms with Crippen molar-refractivity contribution in [2.75, 3.05) is 30.9 Å². The molecule has 0 bridgehead atoms. The van der Waals surface area contributed by atoms with Crippen LogP contribution in [0, 0.1) is 13.8 Å². The fourth-order valence-electron chi connectivity index (χ4n) is 2.70. The number of hydrogen-bond acceptors (Lipinski definition) is 6. The van der Waals surface area contributed by atoms with Crippen molar-refractivity contribution >= 4 is 44.2 Å². The van der Waals surface area contributed by atoms with Crippen LogP contribution in [0.2, 0.25) is 0 Å². The molecule has 0 radical (unpaired) electrons. The van der Waals surface area contributed by atoms with Gasteiger partial charge in [-0.1, -0.05) is 23.5 Å². The third kappa shape index (κ3) is 4.43. The largest absolute Gasteiger partial charge is 0.452 e. The summed E-state index contributed by atoms with van der Waals surface area (Å²) in [5.41, 5.74) is 4.37. The molecule has 0 aliphatic carbocycles. The van der Waals surface area contributed by atoms with Crippen LogP contribution in [-0.4, -0.2) is 37.6 Å². The highest BCUT2D eigenvalue weighted by Gasteiger charge is 2.14. The number of nitrogens with one attached hydrogen (secondary N) is 1. The van der Waals surface area contributed by atoms with Crippen LogP contribution in [0.3, 0.4) is 0 Å². The first-order chi connectivity index (χ1) is 12.8. The van der Waals surface area contributed by atoms with E-state index < -0.39 is 11.9 Å². The number of aromatic nitrogens is 1. The average Bonchev–Trinajstić information content (AvgIpc) is 3.02. The zero-order valence-corrected chi connectivity index (χ0v) is 16.5. The normalized spacial score (nSPS) is 10.7. The SMILES string of the molecule is Cc1cc(C)c2nc(NC(=O)COC(=O)c3cccc(N(C)C)c3)sc2c1. The van der Waals surface area contributed by atoms with E-state index in [1.807, 2.05) is 45.0 Å². The lowest BCUT2D eigenvalue weighted by Gasteiger charge is -2.13. The summed E-state index contributed by atoms with van der Waals surface area (Å²) in [6, 6.07) is 11.1. The molecule has 1 N–H and O–H groups in total. The summed E-state index contributed by atoms with van der Waals surface area (Å²) in [5, 5.41) is 3.19. The Hall–Kier alpha value is -2.93. The maximum atomic E-state index is 12.2. The number of anilines is 2. The first-order valence-electron chi connectivity index (χ1n) is 8.45. The first-order valence-corrected chi connectivity index (χ1v) is 9.27. The fraction of sp³-hybridized carbons (Fsp3) is 0.250. The van der Waals surface area contributed by atoms with Gasteiger partial charge in [0.25, 0.3) is 5.91 Å². The Bertz CT molecular complexity index is 1010. The monoisotopic (exact) mass is 383 g/mol. The number of aryl methyl sites for hydroxylation is 2. The lowest BCUT2D eigenvalue weighted by molar-refractivity contribution is -0.119. The van der Waals surface area contributed by atoms with Crippen molar-refractivity contribution in [2.45, 2.75) is 13.8 Å². The molecule has 27 heavy (non-hydrogen) atoms. The maximum Gasteiger partial charge on any atom is 0.338 e. The third-order valence-corrected chi connectivity index (χ3v) is 4.93. The molecule has 1 heterocycles. The van der Waals surface area contributed by atoms with Gasteiger partial charge in [-0.2, -0.15) is 0 Å². The summed E-state index contributed by atoms with van der Waals surface area (Å²) in [6.07, 6.45) is 0. The van der Waals surface area contributed by atoms with Crippen LogP contribution >= 0.6 is 11.3 Å². The van der Waals surface area contributed by atoms with Crippen molar-refractivity contribution in [2.24, 2.45) is 0 Å². The minimum Gasteiger partial charge on any atom is -0.452 e. The molecular weight excluding hydrogens is 362 g/mol. The van der Waals surface area contributed by atoms with Crippen LogP contribution in [0.5, 0.6) is 0 Å². The van der Waals surface area contributed by atoms with E-state index in [2.05, 4.69) is 16.4 Å². The molecule has 0 aliphatic rings. The molecule has 140 valence electrons. The van der Waals surface area contributed by atoms with Gasteiger partial charge in [-0.15, -0.1) is 0 Å². The second-order valence-electron chi connectivity index (χ2n) is 6.52. The van der Waals surface area contributed by atoms with Crippen LogP contribution in [0.15, 0.2) is 36.4 Å². The lowest BCUT2D eigenvalue weighted by atomic mass is 10.1. The van der Waals surface area contributed by atoms with Crippen LogP contribution in [0.1, 0.15) is 21.5 Å². The van der Waals surface area contributed by atoms with Crippen LogP contribution in [0.4, 0.5) is 10.8 Å². The quantitative estimate of drug-likeness (QED) is 0.679. The molecule has 7 heteroatoms. The Morgan fingerprint density at radius 1 is 1.19 bits per heavy atom. The van der Waals surface area contributed by atoms with Crippen LogP contribution in [0.25, 0.3) is 10.2 Å². The highest BCUT2D eigenvalue weighted by Crippen LogP contribution is 2.29. The fourth-order valence-corrected chi connectivity index (χ4v) is 3.76. The van der Waals surface area contributed by atoms with Crippen LogP contribution < -0.4 is 10.2 Å². The van der Waals surface area contributed by atoms with Crippen LogP contribution in [-0.2, 0) is 9.53 Å². The number of ether oxygens (including phenoxy) is 1. The Balaban J connectivity index is 1.62. The van der Waals surface area contributed by atoms with Crippen molar-refractivity contribution in [1.29, 1.82) is 0 Å². The number of amides is 1. The predicted molar refractivity (Wildman–Crippen MR) is 109 cm³/mol. The van der Waals surface area contributed by atoms with Gasteiger partial charge in [0.05, 0.1) is 15.8 Å². The average molecular weight is 383 g/mol. The third-order valence-electron chi connectivity index (χ3n) is 4.01. The molecule has 3 rings (SSSR count). The predicted octanol–water partition coefficient (Wildman–Crippen LogP) is 3.77. The molecular formula is C20H21N3O3S. The Morgan fingerprint density at radius 3 is 2.70 bits per heavy atom. The van der Waals surface area contributed by atoms with Crippen molar-refractivity contribution in [3.63, 3.8) is 0 Å². The second-order valence-corrected chi connectivity index (χ2v) is 7.55. The van der Waals surface area contributed by atoms with Gasteiger partial charge < -0.3 is 9.64 Å². The number of carbonyl (C=O) groups is 2. The summed E-state index contributed by atoms with van der Waals surface area (Å²) in [6.45, 7) is 3.65. The minimum absolute atomic E-state index is 0.362. The number of thiazole rings is 1. The molecule has 2 aromatic carbocycles. The number of rotatable bonds is 5. The standard InChI is InChI=1S/C20H21N3O3S/c1-12-8-13(2)18-16(9-12)27-20(22-18)21-17(24)11-26-19(25)14-6-5-7-15(10-14)23(3)4/h5-10H,11H2,1-4H3,(H,21,22,24). The Labute approximate surface area is 161 Å². The Kier molecular flexibility index (Phi) is 5.41. The molecule has 0 saturated carbocycles. The van der Waals surface area contributed by atoms with Crippen molar-refractivity contribution in [1.82, 2.24) is 4.98 Å². The van der Waals surface area contributed by atoms with E-state index in [1.165, 1.54) is 11.3 Å². The summed E-state index contributed by atoms with van der Waals surface area (Å²) < 4.78 is 6.14. The van der Waals surface area contributed by atoms with E-state index >= 15 is 0 Å². The molecule has 3 aromatic rings. The van der Waals surface area contributed by atoms with E-state index in [1.54, 1.807) is 18.2 Å². The second kappa shape index (κ2) is 7.75.